The van der Waals surface area contributed by atoms with E-state index < -0.39 is 17.7 Å². The van der Waals surface area contributed by atoms with E-state index in [1.165, 1.54) is 4.90 Å². The van der Waals surface area contributed by atoms with Gasteiger partial charge >= 0.3 is 0 Å². The molecule has 18 heavy (non-hydrogen) atoms. The van der Waals surface area contributed by atoms with Crippen LogP contribution in [0.1, 0.15) is 6.42 Å². The molecule has 3 atom stereocenters. The second kappa shape index (κ2) is 3.66. The average molecular weight is 244 g/mol. The lowest BCUT2D eigenvalue weighted by atomic mass is 9.66. The summed E-state index contributed by atoms with van der Waals surface area (Å²) >= 11 is 0. The van der Waals surface area contributed by atoms with Crippen LogP contribution >= 0.6 is 0 Å². The summed E-state index contributed by atoms with van der Waals surface area (Å²) in [5.41, 5.74) is 5.78. The van der Waals surface area contributed by atoms with Crippen molar-refractivity contribution in [1.29, 1.82) is 0 Å². The van der Waals surface area contributed by atoms with Gasteiger partial charge < -0.3 is 5.73 Å². The molecule has 0 unspecified atom stereocenters. The second-order valence-corrected chi connectivity index (χ2v) is 4.72. The number of carbonyl (C=O) groups excluding carboxylic acids is 3. The van der Waals surface area contributed by atoms with Gasteiger partial charge in [-0.3, -0.25) is 19.3 Å². The van der Waals surface area contributed by atoms with Crippen molar-refractivity contribution in [1.82, 2.24) is 0 Å². The highest BCUT2D eigenvalue weighted by Gasteiger charge is 2.60. The summed E-state index contributed by atoms with van der Waals surface area (Å²) in [6.07, 6.45) is 0.397. The summed E-state index contributed by atoms with van der Waals surface area (Å²) < 4.78 is 0. The monoisotopic (exact) mass is 244 g/mol. The Kier molecular flexibility index (Phi) is 2.23. The number of para-hydroxylation sites is 1. The minimum Gasteiger partial charge on any atom is -0.369 e. The summed E-state index contributed by atoms with van der Waals surface area (Å²) in [6.45, 7) is 0. The van der Waals surface area contributed by atoms with E-state index in [0.717, 1.165) is 0 Å². The fourth-order valence-corrected chi connectivity index (χ4v) is 2.80. The van der Waals surface area contributed by atoms with Crippen LogP contribution in [-0.4, -0.2) is 17.7 Å². The van der Waals surface area contributed by atoms with Gasteiger partial charge in [-0.2, -0.15) is 0 Å². The van der Waals surface area contributed by atoms with Gasteiger partial charge in [0.15, 0.2) is 0 Å². The Labute approximate surface area is 104 Å². The molecule has 1 aromatic carbocycles. The summed E-state index contributed by atoms with van der Waals surface area (Å²) in [4.78, 5) is 36.6. The molecule has 3 amide bonds. The number of rotatable bonds is 2. The molecule has 1 saturated heterocycles. The van der Waals surface area contributed by atoms with E-state index in [2.05, 4.69) is 0 Å². The Morgan fingerprint density at radius 3 is 2.44 bits per heavy atom. The number of hydrogen-bond donors (Lipinski definition) is 1. The number of hydrogen-bond acceptors (Lipinski definition) is 3. The molecule has 0 spiro atoms. The highest BCUT2D eigenvalue weighted by atomic mass is 16.2. The van der Waals surface area contributed by atoms with E-state index in [4.69, 9.17) is 5.73 Å². The third-order valence-corrected chi connectivity index (χ3v) is 3.80. The Morgan fingerprint density at radius 2 is 1.83 bits per heavy atom. The number of amides is 3. The van der Waals surface area contributed by atoms with E-state index in [9.17, 15) is 14.4 Å². The van der Waals surface area contributed by atoms with Crippen molar-refractivity contribution in [3.8, 4) is 0 Å². The maximum atomic E-state index is 12.2. The molecule has 0 radical (unpaired) electrons. The Hall–Kier alpha value is -2.17. The lowest BCUT2D eigenvalue weighted by Crippen LogP contribution is -2.46. The quantitative estimate of drug-likeness (QED) is 0.759. The van der Waals surface area contributed by atoms with Crippen molar-refractivity contribution in [2.45, 2.75) is 6.42 Å². The highest BCUT2D eigenvalue weighted by molar-refractivity contribution is 6.24. The third-order valence-electron chi connectivity index (χ3n) is 3.80. The number of nitrogens with zero attached hydrogens (tertiary/aromatic N) is 1. The Morgan fingerprint density at radius 1 is 1.17 bits per heavy atom. The molecule has 1 heterocycles. The summed E-state index contributed by atoms with van der Waals surface area (Å²) in [7, 11) is 0. The molecule has 2 aliphatic rings. The molecule has 1 aromatic rings. The standard InChI is InChI=1S/C13H12N2O3/c14-11(16)8-6-9-10(8)13(18)15(12(9)17)7-4-2-1-3-5-7/h1-5,8-10H,6H2,(H2,14,16)/t8-,9-,10+/m0/s1. The fourth-order valence-electron chi connectivity index (χ4n) is 2.80. The van der Waals surface area contributed by atoms with Crippen molar-refractivity contribution in [2.24, 2.45) is 23.5 Å². The maximum absolute atomic E-state index is 12.2. The first-order valence-corrected chi connectivity index (χ1v) is 5.83. The van der Waals surface area contributed by atoms with Crippen LogP contribution in [0, 0.1) is 17.8 Å². The van der Waals surface area contributed by atoms with Crippen molar-refractivity contribution < 1.29 is 14.4 Å². The molecule has 5 heteroatoms. The third kappa shape index (κ3) is 1.30. The lowest BCUT2D eigenvalue weighted by Gasteiger charge is -2.33. The topological polar surface area (TPSA) is 80.5 Å². The van der Waals surface area contributed by atoms with Crippen molar-refractivity contribution in [3.63, 3.8) is 0 Å². The number of fused-ring (bicyclic) bond motifs is 1. The van der Waals surface area contributed by atoms with Gasteiger partial charge in [-0.25, -0.2) is 0 Å². The zero-order valence-corrected chi connectivity index (χ0v) is 9.58. The van der Waals surface area contributed by atoms with E-state index in [1.807, 2.05) is 6.07 Å². The lowest BCUT2D eigenvalue weighted by molar-refractivity contribution is -0.139. The van der Waals surface area contributed by atoms with Crippen molar-refractivity contribution >= 4 is 23.4 Å². The van der Waals surface area contributed by atoms with Gasteiger partial charge in [0.25, 0.3) is 0 Å². The first kappa shape index (κ1) is 11.0. The molecule has 1 saturated carbocycles. The van der Waals surface area contributed by atoms with E-state index in [-0.39, 0.29) is 17.7 Å². The van der Waals surface area contributed by atoms with Crippen molar-refractivity contribution in [3.05, 3.63) is 30.3 Å². The SMILES string of the molecule is NC(=O)[C@H]1C[C@@H]2C(=O)N(c3ccccc3)C(=O)[C@H]12. The van der Waals surface area contributed by atoms with Crippen LogP contribution in [-0.2, 0) is 14.4 Å². The molecule has 0 aromatic heterocycles. The molecule has 2 N–H and O–H groups in total. The fraction of sp³-hybridized carbons (Fsp3) is 0.308. The molecule has 92 valence electrons. The predicted molar refractivity (Wildman–Crippen MR) is 63.2 cm³/mol. The largest absolute Gasteiger partial charge is 0.369 e. The Bertz CT molecular complexity index is 540. The molecule has 3 rings (SSSR count). The zero-order chi connectivity index (χ0) is 12.9. The van der Waals surface area contributed by atoms with Gasteiger partial charge in [0, 0.05) is 0 Å². The summed E-state index contributed by atoms with van der Waals surface area (Å²) in [5.74, 6) is -2.40. The first-order valence-electron chi connectivity index (χ1n) is 5.83. The van der Waals surface area contributed by atoms with Gasteiger partial charge in [-0.1, -0.05) is 18.2 Å². The van der Waals surface area contributed by atoms with Crippen LogP contribution in [0.2, 0.25) is 0 Å². The van der Waals surface area contributed by atoms with Crippen LogP contribution in [0.25, 0.3) is 0 Å². The predicted octanol–water partition coefficient (Wildman–Crippen LogP) is 0.297. The van der Waals surface area contributed by atoms with Crippen LogP contribution in [0.15, 0.2) is 30.3 Å². The minimum absolute atomic E-state index is 0.214. The number of primary amides is 1. The van der Waals surface area contributed by atoms with E-state index in [0.29, 0.717) is 12.1 Å². The van der Waals surface area contributed by atoms with Crippen LogP contribution in [0.5, 0.6) is 0 Å². The van der Waals surface area contributed by atoms with Crippen molar-refractivity contribution in [2.75, 3.05) is 4.90 Å². The summed E-state index contributed by atoms with van der Waals surface area (Å²) in [5, 5.41) is 0. The van der Waals surface area contributed by atoms with Crippen LogP contribution in [0.3, 0.4) is 0 Å². The number of anilines is 1. The highest BCUT2D eigenvalue weighted by Crippen LogP contribution is 2.48. The maximum Gasteiger partial charge on any atom is 0.238 e. The number of imide groups is 1. The zero-order valence-electron chi connectivity index (χ0n) is 9.58. The molecule has 5 nitrogen and oxygen atoms in total. The van der Waals surface area contributed by atoms with Gasteiger partial charge in [-0.05, 0) is 18.6 Å². The van der Waals surface area contributed by atoms with Gasteiger partial charge in [0.05, 0.1) is 23.4 Å². The smallest absolute Gasteiger partial charge is 0.238 e. The molecular weight excluding hydrogens is 232 g/mol. The molecule has 2 fully saturated rings. The van der Waals surface area contributed by atoms with Gasteiger partial charge in [-0.15, -0.1) is 0 Å². The minimum atomic E-state index is -0.546. The van der Waals surface area contributed by atoms with Gasteiger partial charge in [0.1, 0.15) is 0 Å². The molecule has 1 aliphatic heterocycles. The summed E-state index contributed by atoms with van der Waals surface area (Å²) in [6, 6.07) is 8.76. The second-order valence-electron chi connectivity index (χ2n) is 4.72. The van der Waals surface area contributed by atoms with E-state index in [1.54, 1.807) is 24.3 Å². The van der Waals surface area contributed by atoms with E-state index >= 15 is 0 Å². The molecular formula is C13H12N2O3. The number of carbonyl (C=O) groups is 3. The Balaban J connectivity index is 1.94. The normalized spacial score (nSPS) is 30.0. The average Bonchev–Trinajstić information content (AvgIpc) is 2.45. The molecule has 0 bridgehead atoms. The van der Waals surface area contributed by atoms with Gasteiger partial charge in [0.2, 0.25) is 17.7 Å². The molecule has 1 aliphatic carbocycles. The van der Waals surface area contributed by atoms with Crippen LogP contribution < -0.4 is 10.6 Å². The first-order chi connectivity index (χ1) is 8.61. The number of benzene rings is 1. The number of nitrogens with two attached hydrogens (primary N) is 1. The van der Waals surface area contributed by atoms with Crippen LogP contribution in [0.4, 0.5) is 5.69 Å².